The number of para-hydroxylation sites is 1. The highest BCUT2D eigenvalue weighted by Crippen LogP contribution is 2.61. The first-order valence-electron chi connectivity index (χ1n) is 12.1. The van der Waals surface area contributed by atoms with Crippen LogP contribution in [0.25, 0.3) is 10.9 Å². The first-order valence-corrected chi connectivity index (χ1v) is 12.1. The van der Waals surface area contributed by atoms with E-state index in [1.807, 2.05) is 12.1 Å². The fourth-order valence-corrected chi connectivity index (χ4v) is 7.57. The van der Waals surface area contributed by atoms with E-state index in [-0.39, 0.29) is 5.82 Å². The molecule has 162 valence electrons. The molecule has 4 saturated carbocycles. The zero-order valence-corrected chi connectivity index (χ0v) is 18.5. The van der Waals surface area contributed by atoms with Gasteiger partial charge in [-0.1, -0.05) is 30.3 Å². The Labute approximate surface area is 184 Å². The van der Waals surface area contributed by atoms with E-state index >= 15 is 0 Å². The van der Waals surface area contributed by atoms with Crippen molar-refractivity contribution in [3.8, 4) is 0 Å². The quantitative estimate of drug-likeness (QED) is 0.484. The van der Waals surface area contributed by atoms with Crippen LogP contribution < -0.4 is 5.32 Å². The molecular weight excluding hydrogens is 383 g/mol. The van der Waals surface area contributed by atoms with E-state index in [4.69, 9.17) is 0 Å². The van der Waals surface area contributed by atoms with Crippen molar-refractivity contribution in [2.24, 2.45) is 23.2 Å². The summed E-state index contributed by atoms with van der Waals surface area (Å²) >= 11 is 0. The van der Waals surface area contributed by atoms with Crippen LogP contribution in [0.3, 0.4) is 0 Å². The number of benzene rings is 2. The Morgan fingerprint density at radius 2 is 1.61 bits per heavy atom. The molecular formula is C28H33FN2. The third kappa shape index (κ3) is 3.51. The summed E-state index contributed by atoms with van der Waals surface area (Å²) in [4.78, 5) is 0. The summed E-state index contributed by atoms with van der Waals surface area (Å²) < 4.78 is 15.6. The van der Waals surface area contributed by atoms with Crippen molar-refractivity contribution in [1.82, 2.24) is 9.88 Å². The van der Waals surface area contributed by atoms with Gasteiger partial charge in [-0.15, -0.1) is 0 Å². The molecule has 2 aromatic carbocycles. The molecule has 1 atom stereocenters. The van der Waals surface area contributed by atoms with Gasteiger partial charge in [-0.2, -0.15) is 0 Å². The summed E-state index contributed by atoms with van der Waals surface area (Å²) in [5.41, 5.74) is 4.28. The van der Waals surface area contributed by atoms with Crippen molar-refractivity contribution >= 4 is 10.9 Å². The van der Waals surface area contributed by atoms with Crippen molar-refractivity contribution in [2.75, 3.05) is 0 Å². The molecule has 1 heterocycles. The number of nitrogens with zero attached hydrogens (tertiary/aromatic N) is 1. The Balaban J connectivity index is 1.22. The van der Waals surface area contributed by atoms with Crippen molar-refractivity contribution < 1.29 is 4.39 Å². The molecule has 1 N–H and O–H groups in total. The zero-order chi connectivity index (χ0) is 21.0. The molecule has 1 aromatic heterocycles. The second-order valence-electron chi connectivity index (χ2n) is 10.8. The summed E-state index contributed by atoms with van der Waals surface area (Å²) in [6.07, 6.45) is 11.1. The normalized spacial score (nSPS) is 30.2. The van der Waals surface area contributed by atoms with E-state index in [1.54, 1.807) is 12.1 Å². The van der Waals surface area contributed by atoms with Crippen molar-refractivity contribution in [3.63, 3.8) is 0 Å². The molecule has 3 heteroatoms. The lowest BCUT2D eigenvalue weighted by Gasteiger charge is -2.59. The van der Waals surface area contributed by atoms with Gasteiger partial charge in [-0.05, 0) is 97.9 Å². The molecule has 4 aliphatic rings. The van der Waals surface area contributed by atoms with Crippen molar-refractivity contribution in [1.29, 1.82) is 0 Å². The largest absolute Gasteiger partial charge is 0.343 e. The minimum Gasteiger partial charge on any atom is -0.343 e. The van der Waals surface area contributed by atoms with E-state index in [0.717, 1.165) is 36.4 Å². The maximum absolute atomic E-state index is 13.3. The fraction of sp³-hybridized carbons (Fsp3) is 0.500. The highest BCUT2D eigenvalue weighted by Gasteiger charge is 2.52. The number of fused-ring (bicyclic) bond motifs is 1. The van der Waals surface area contributed by atoms with Crippen molar-refractivity contribution in [2.45, 2.75) is 64.6 Å². The van der Waals surface area contributed by atoms with E-state index in [2.05, 4.69) is 47.3 Å². The van der Waals surface area contributed by atoms with Gasteiger partial charge < -0.3 is 9.88 Å². The number of aromatic nitrogens is 1. The summed E-state index contributed by atoms with van der Waals surface area (Å²) in [5, 5.41) is 5.30. The molecule has 31 heavy (non-hydrogen) atoms. The average Bonchev–Trinajstić information content (AvgIpc) is 3.10. The molecule has 3 aromatic rings. The van der Waals surface area contributed by atoms with Gasteiger partial charge in [0.05, 0.1) is 0 Å². The minimum absolute atomic E-state index is 0.176. The molecule has 0 amide bonds. The molecule has 2 nitrogen and oxygen atoms in total. The van der Waals surface area contributed by atoms with Gasteiger partial charge in [-0.25, -0.2) is 4.39 Å². The van der Waals surface area contributed by atoms with Gasteiger partial charge in [-0.3, -0.25) is 0 Å². The lowest BCUT2D eigenvalue weighted by atomic mass is 9.48. The first-order chi connectivity index (χ1) is 15.1. The minimum atomic E-state index is -0.176. The highest BCUT2D eigenvalue weighted by atomic mass is 19.1. The number of hydrogen-bond acceptors (Lipinski definition) is 1. The summed E-state index contributed by atoms with van der Waals surface area (Å²) in [6, 6.07) is 16.1. The van der Waals surface area contributed by atoms with E-state index < -0.39 is 0 Å². The maximum Gasteiger partial charge on any atom is 0.123 e. The Kier molecular flexibility index (Phi) is 4.72. The Morgan fingerprint density at radius 3 is 2.29 bits per heavy atom. The van der Waals surface area contributed by atoms with E-state index in [1.165, 1.54) is 55.0 Å². The average molecular weight is 417 g/mol. The molecule has 0 unspecified atom stereocenters. The monoisotopic (exact) mass is 416 g/mol. The molecule has 4 aliphatic carbocycles. The lowest BCUT2D eigenvalue weighted by molar-refractivity contribution is -0.0706. The second kappa shape index (κ2) is 7.48. The Morgan fingerprint density at radius 1 is 0.968 bits per heavy atom. The third-order valence-corrected chi connectivity index (χ3v) is 8.74. The standard InChI is InChI=1S/C28H33FN2/c1-19(28-13-21-10-22(14-28)12-23(11-21)15-28)30-16-24-18-31(27-5-3-2-4-26(24)27)17-20-6-8-25(29)9-7-20/h2-9,18-19,21-23,30H,10-17H2,1H3/t19-,21?,22?,23?,28?/m1/s1. The molecule has 0 aliphatic heterocycles. The fourth-order valence-electron chi connectivity index (χ4n) is 7.57. The molecule has 0 saturated heterocycles. The predicted octanol–water partition coefficient (Wildman–Crippen LogP) is 6.52. The van der Waals surface area contributed by atoms with Gasteiger partial charge in [0, 0.05) is 36.2 Å². The SMILES string of the molecule is C[C@@H](NCc1cn(Cc2ccc(F)cc2)c2ccccc12)C12CC3CC(CC(C3)C1)C2. The number of halogens is 1. The van der Waals surface area contributed by atoms with Crippen LogP contribution in [0.1, 0.15) is 56.6 Å². The second-order valence-corrected chi connectivity index (χ2v) is 10.8. The number of nitrogens with one attached hydrogen (secondary N) is 1. The molecule has 4 fully saturated rings. The number of hydrogen-bond donors (Lipinski definition) is 1. The van der Waals surface area contributed by atoms with Crippen LogP contribution in [0.2, 0.25) is 0 Å². The van der Waals surface area contributed by atoms with Crippen LogP contribution in [0.5, 0.6) is 0 Å². The van der Waals surface area contributed by atoms with E-state index in [0.29, 0.717) is 11.5 Å². The Hall–Kier alpha value is -2.13. The van der Waals surface area contributed by atoms with Gasteiger partial charge in [0.15, 0.2) is 0 Å². The van der Waals surface area contributed by atoms with Crippen molar-refractivity contribution in [3.05, 3.63) is 71.7 Å². The van der Waals surface area contributed by atoms with Gasteiger partial charge in [0.1, 0.15) is 5.82 Å². The summed E-state index contributed by atoms with van der Waals surface area (Å²) in [6.45, 7) is 4.13. The van der Waals surface area contributed by atoms with Crippen LogP contribution in [-0.4, -0.2) is 10.6 Å². The van der Waals surface area contributed by atoms with Crippen LogP contribution in [0.15, 0.2) is 54.7 Å². The third-order valence-electron chi connectivity index (χ3n) is 8.74. The Bertz CT molecular complexity index is 1040. The molecule has 0 spiro atoms. The molecule has 7 rings (SSSR count). The van der Waals surface area contributed by atoms with Crippen LogP contribution in [0, 0.1) is 29.0 Å². The van der Waals surface area contributed by atoms with Gasteiger partial charge in [0.25, 0.3) is 0 Å². The zero-order valence-electron chi connectivity index (χ0n) is 18.5. The van der Waals surface area contributed by atoms with Gasteiger partial charge in [0.2, 0.25) is 0 Å². The summed E-state index contributed by atoms with van der Waals surface area (Å²) in [7, 11) is 0. The lowest BCUT2D eigenvalue weighted by Crippen LogP contribution is -2.54. The molecule has 4 bridgehead atoms. The predicted molar refractivity (Wildman–Crippen MR) is 124 cm³/mol. The number of rotatable bonds is 6. The topological polar surface area (TPSA) is 17.0 Å². The highest BCUT2D eigenvalue weighted by molar-refractivity contribution is 5.84. The maximum atomic E-state index is 13.3. The summed E-state index contributed by atoms with van der Waals surface area (Å²) in [5.74, 6) is 2.80. The van der Waals surface area contributed by atoms with Crippen LogP contribution in [-0.2, 0) is 13.1 Å². The first kappa shape index (κ1) is 19.5. The molecule has 0 radical (unpaired) electrons. The smallest absolute Gasteiger partial charge is 0.123 e. The van der Waals surface area contributed by atoms with Crippen LogP contribution >= 0.6 is 0 Å². The van der Waals surface area contributed by atoms with Crippen LogP contribution in [0.4, 0.5) is 4.39 Å². The van der Waals surface area contributed by atoms with Gasteiger partial charge >= 0.3 is 0 Å². The van der Waals surface area contributed by atoms with E-state index in [9.17, 15) is 4.39 Å².